The number of aliphatic hydroxyl groups excluding tert-OH is 2. The van der Waals surface area contributed by atoms with Gasteiger partial charge in [0, 0.05) is 12.8 Å². The Morgan fingerprint density at radius 3 is 0.952 bits per heavy atom. The maximum absolute atomic E-state index is 12.6. The van der Waals surface area contributed by atoms with Crippen LogP contribution < -0.4 is 5.32 Å². The molecule has 0 spiro atoms. The molecule has 0 aliphatic rings. The maximum Gasteiger partial charge on any atom is 0.305 e. The average molecular weight is 1170 g/mol. The van der Waals surface area contributed by atoms with E-state index < -0.39 is 12.1 Å². The van der Waals surface area contributed by atoms with Gasteiger partial charge in [0.1, 0.15) is 0 Å². The van der Waals surface area contributed by atoms with Crippen molar-refractivity contribution in [3.05, 3.63) is 36.5 Å². The van der Waals surface area contributed by atoms with Gasteiger partial charge in [0.05, 0.1) is 25.4 Å². The molecule has 0 aliphatic heterocycles. The molecule has 0 fully saturated rings. The summed E-state index contributed by atoms with van der Waals surface area (Å²) >= 11 is 0. The van der Waals surface area contributed by atoms with Crippen LogP contribution in [0.2, 0.25) is 0 Å². The normalized spacial score (nSPS) is 12.7. The first kappa shape index (κ1) is 81.1. The van der Waals surface area contributed by atoms with Gasteiger partial charge in [-0.15, -0.1) is 0 Å². The summed E-state index contributed by atoms with van der Waals surface area (Å²) in [6.07, 6.45) is 93.6. The van der Waals surface area contributed by atoms with Crippen molar-refractivity contribution < 1.29 is 24.5 Å². The summed E-state index contributed by atoms with van der Waals surface area (Å²) < 4.78 is 5.47. The Morgan fingerprint density at radius 1 is 0.337 bits per heavy atom. The molecular weight excluding hydrogens is 1020 g/mol. The minimum atomic E-state index is -0.667. The maximum atomic E-state index is 12.6. The molecule has 6 nitrogen and oxygen atoms in total. The summed E-state index contributed by atoms with van der Waals surface area (Å²) in [5, 5.41) is 23.5. The van der Waals surface area contributed by atoms with Crippen molar-refractivity contribution in [2.45, 2.75) is 431 Å². The molecule has 2 atom stereocenters. The van der Waals surface area contributed by atoms with Crippen LogP contribution in [0, 0.1) is 0 Å². The van der Waals surface area contributed by atoms with Crippen LogP contribution in [0.15, 0.2) is 36.5 Å². The van der Waals surface area contributed by atoms with Crippen LogP contribution in [0.4, 0.5) is 0 Å². The second-order valence-electron chi connectivity index (χ2n) is 26.0. The molecular formula is C77H147NO5. The second-order valence-corrected chi connectivity index (χ2v) is 26.0. The second kappa shape index (κ2) is 72.6. The number of carbonyl (C=O) groups is 2. The molecule has 83 heavy (non-hydrogen) atoms. The number of hydrogen-bond donors (Lipinski definition) is 3. The first-order valence-corrected chi connectivity index (χ1v) is 37.7. The number of aliphatic hydroxyl groups is 2. The van der Waals surface area contributed by atoms with Gasteiger partial charge in [-0.3, -0.25) is 9.59 Å². The molecule has 0 saturated heterocycles. The topological polar surface area (TPSA) is 95.9 Å². The molecule has 0 radical (unpaired) electrons. The van der Waals surface area contributed by atoms with E-state index in [0.29, 0.717) is 25.9 Å². The van der Waals surface area contributed by atoms with Crippen molar-refractivity contribution in [1.82, 2.24) is 5.32 Å². The predicted octanol–water partition coefficient (Wildman–Crippen LogP) is 24.7. The first-order valence-electron chi connectivity index (χ1n) is 37.7. The third kappa shape index (κ3) is 69.1. The smallest absolute Gasteiger partial charge is 0.305 e. The number of unbranched alkanes of at least 4 members (excludes halogenated alkanes) is 54. The summed E-state index contributed by atoms with van der Waals surface area (Å²) in [5.74, 6) is -0.0285. The lowest BCUT2D eigenvalue weighted by Crippen LogP contribution is -2.45. The molecule has 6 heteroatoms. The third-order valence-electron chi connectivity index (χ3n) is 17.7. The van der Waals surface area contributed by atoms with Crippen molar-refractivity contribution in [2.24, 2.45) is 0 Å². The van der Waals surface area contributed by atoms with E-state index in [1.54, 1.807) is 0 Å². The Bertz CT molecular complexity index is 1340. The fourth-order valence-corrected chi connectivity index (χ4v) is 11.9. The van der Waals surface area contributed by atoms with Gasteiger partial charge in [0.2, 0.25) is 5.91 Å². The van der Waals surface area contributed by atoms with Gasteiger partial charge in [-0.2, -0.15) is 0 Å². The van der Waals surface area contributed by atoms with E-state index in [2.05, 4.69) is 55.6 Å². The predicted molar refractivity (Wildman–Crippen MR) is 366 cm³/mol. The molecule has 490 valence electrons. The average Bonchev–Trinajstić information content (AvgIpc) is 3.49. The van der Waals surface area contributed by atoms with Gasteiger partial charge in [-0.25, -0.2) is 0 Å². The van der Waals surface area contributed by atoms with E-state index in [-0.39, 0.29) is 18.5 Å². The van der Waals surface area contributed by atoms with E-state index >= 15 is 0 Å². The van der Waals surface area contributed by atoms with Crippen LogP contribution in [0.5, 0.6) is 0 Å². The van der Waals surface area contributed by atoms with Crippen LogP contribution in [0.1, 0.15) is 418 Å². The zero-order valence-corrected chi connectivity index (χ0v) is 56.2. The van der Waals surface area contributed by atoms with Gasteiger partial charge in [0.25, 0.3) is 0 Å². The highest BCUT2D eigenvalue weighted by molar-refractivity contribution is 5.76. The van der Waals surface area contributed by atoms with Crippen molar-refractivity contribution >= 4 is 11.9 Å². The summed E-state index contributed by atoms with van der Waals surface area (Å²) in [7, 11) is 0. The fraction of sp³-hybridized carbons (Fsp3) is 0.896. The van der Waals surface area contributed by atoms with Crippen LogP contribution in [-0.2, 0) is 14.3 Å². The Labute approximate surface area is 519 Å². The zero-order chi connectivity index (χ0) is 59.9. The van der Waals surface area contributed by atoms with Crippen molar-refractivity contribution in [2.75, 3.05) is 13.2 Å². The lowest BCUT2D eigenvalue weighted by atomic mass is 10.0. The van der Waals surface area contributed by atoms with Gasteiger partial charge >= 0.3 is 5.97 Å². The first-order chi connectivity index (χ1) is 41.0. The van der Waals surface area contributed by atoms with E-state index in [0.717, 1.165) is 51.4 Å². The Hall–Kier alpha value is -1.92. The van der Waals surface area contributed by atoms with Crippen molar-refractivity contribution in [1.29, 1.82) is 0 Å². The lowest BCUT2D eigenvalue weighted by molar-refractivity contribution is -0.143. The van der Waals surface area contributed by atoms with Crippen LogP contribution in [0.25, 0.3) is 0 Å². The van der Waals surface area contributed by atoms with Gasteiger partial charge in [-0.1, -0.05) is 359 Å². The highest BCUT2D eigenvalue weighted by atomic mass is 16.5. The highest BCUT2D eigenvalue weighted by Crippen LogP contribution is 2.19. The number of nitrogens with one attached hydrogen (secondary N) is 1. The molecule has 0 aromatic rings. The molecule has 2 unspecified atom stereocenters. The van der Waals surface area contributed by atoms with Crippen LogP contribution >= 0.6 is 0 Å². The third-order valence-corrected chi connectivity index (χ3v) is 17.7. The van der Waals surface area contributed by atoms with Crippen LogP contribution in [0.3, 0.4) is 0 Å². The number of hydrogen-bond acceptors (Lipinski definition) is 5. The molecule has 3 N–H and O–H groups in total. The Kier molecular flexibility index (Phi) is 70.9. The SMILES string of the molecule is CCCCC/C=C\CCCCCCCC(=O)OCCCCCCCCCCC/C=C\C/C=C\CCCCCCCCCCCCCCCC(=O)NC(CO)C(O)CCCCCCCCCCCCCCCCCCCCCCCCCCC. The van der Waals surface area contributed by atoms with E-state index in [9.17, 15) is 19.8 Å². The molecule has 0 aromatic carbocycles. The lowest BCUT2D eigenvalue weighted by Gasteiger charge is -2.22. The fourth-order valence-electron chi connectivity index (χ4n) is 11.9. The van der Waals surface area contributed by atoms with Gasteiger partial charge in [0.15, 0.2) is 0 Å². The summed E-state index contributed by atoms with van der Waals surface area (Å²) in [5.41, 5.74) is 0. The quantitative estimate of drug-likeness (QED) is 0.0320. The minimum absolute atomic E-state index is 0.00247. The number of allylic oxidation sites excluding steroid dienone is 6. The molecule has 0 rings (SSSR count). The Morgan fingerprint density at radius 2 is 0.602 bits per heavy atom. The van der Waals surface area contributed by atoms with E-state index in [1.807, 2.05) is 0 Å². The summed E-state index contributed by atoms with van der Waals surface area (Å²) in [6.45, 7) is 4.96. The summed E-state index contributed by atoms with van der Waals surface area (Å²) in [4.78, 5) is 24.6. The number of rotatable bonds is 71. The van der Waals surface area contributed by atoms with Crippen molar-refractivity contribution in [3.63, 3.8) is 0 Å². The molecule has 0 saturated carbocycles. The standard InChI is InChI=1S/C77H147NO5/c1-3-5-7-9-11-13-15-17-18-19-20-21-22-28-31-34-37-40-43-46-49-53-57-61-65-69-75(80)74(73-79)78-76(81)70-66-62-58-54-50-47-44-41-38-35-32-29-26-24-23-25-27-30-33-36-39-42-45-48-52-56-60-64-68-72-83-77(82)71-67-63-59-55-51-16-14-12-10-8-6-4-2/h12,14,23,25,30,33,74-75,79-80H,3-11,13,15-22,24,26-29,31-32,34-73H2,1-2H3,(H,78,81)/b14-12-,25-23-,33-30-. The van der Waals surface area contributed by atoms with Gasteiger partial charge < -0.3 is 20.3 Å². The van der Waals surface area contributed by atoms with E-state index in [4.69, 9.17) is 4.74 Å². The monoisotopic (exact) mass is 1170 g/mol. The highest BCUT2D eigenvalue weighted by Gasteiger charge is 2.20. The zero-order valence-electron chi connectivity index (χ0n) is 56.2. The summed E-state index contributed by atoms with van der Waals surface area (Å²) in [6, 6.07) is -0.544. The number of amides is 1. The van der Waals surface area contributed by atoms with Crippen LogP contribution in [-0.4, -0.2) is 47.4 Å². The minimum Gasteiger partial charge on any atom is -0.466 e. The number of ether oxygens (including phenoxy) is 1. The molecule has 0 heterocycles. The molecule has 1 amide bonds. The molecule has 0 aromatic heterocycles. The molecule has 0 bridgehead atoms. The Balaban J connectivity index is 3.41. The van der Waals surface area contributed by atoms with E-state index in [1.165, 1.54) is 334 Å². The van der Waals surface area contributed by atoms with Crippen molar-refractivity contribution in [3.8, 4) is 0 Å². The number of esters is 1. The van der Waals surface area contributed by atoms with Gasteiger partial charge in [-0.05, 0) is 83.5 Å². The molecule has 0 aliphatic carbocycles. The largest absolute Gasteiger partial charge is 0.466 e. The number of carbonyl (C=O) groups excluding carboxylic acids is 2.